The van der Waals surface area contributed by atoms with E-state index in [1.807, 2.05) is 20.8 Å². The molecule has 0 aliphatic rings. The van der Waals surface area contributed by atoms with Crippen molar-refractivity contribution >= 4 is 23.2 Å². The lowest BCUT2D eigenvalue weighted by Crippen LogP contribution is -1.94. The van der Waals surface area contributed by atoms with Crippen LogP contribution in [-0.2, 0) is 0 Å². The van der Waals surface area contributed by atoms with Crippen LogP contribution in [-0.4, -0.2) is 5.11 Å². The van der Waals surface area contributed by atoms with E-state index < -0.39 is 0 Å². The van der Waals surface area contributed by atoms with Gasteiger partial charge in [-0.25, -0.2) is 0 Å². The zero-order valence-electron chi connectivity index (χ0n) is 7.86. The monoisotopic (exact) mass is 218 g/mol. The van der Waals surface area contributed by atoms with Crippen LogP contribution in [0.25, 0.3) is 0 Å². The van der Waals surface area contributed by atoms with Crippen LogP contribution in [0.1, 0.15) is 30.9 Å². The van der Waals surface area contributed by atoms with E-state index in [-0.39, 0.29) is 11.7 Å². The molecule has 0 aliphatic carbocycles. The summed E-state index contributed by atoms with van der Waals surface area (Å²) in [5.74, 6) is 0.422. The Balaban J connectivity index is 3.44. The van der Waals surface area contributed by atoms with Gasteiger partial charge in [-0.15, -0.1) is 0 Å². The van der Waals surface area contributed by atoms with Crippen molar-refractivity contribution in [2.75, 3.05) is 0 Å². The van der Waals surface area contributed by atoms with Gasteiger partial charge in [0.15, 0.2) is 0 Å². The molecule has 13 heavy (non-hydrogen) atoms. The van der Waals surface area contributed by atoms with E-state index in [9.17, 15) is 5.11 Å². The maximum atomic E-state index is 9.57. The fourth-order valence-corrected chi connectivity index (χ4v) is 2.23. The lowest BCUT2D eigenvalue weighted by Gasteiger charge is -2.14. The molecule has 0 atom stereocenters. The van der Waals surface area contributed by atoms with Crippen LogP contribution in [0, 0.1) is 6.92 Å². The van der Waals surface area contributed by atoms with Crippen LogP contribution in [0.4, 0.5) is 0 Å². The highest BCUT2D eigenvalue weighted by Gasteiger charge is 2.14. The molecule has 3 heteroatoms. The number of halogens is 2. The molecule has 0 saturated heterocycles. The van der Waals surface area contributed by atoms with Gasteiger partial charge in [0.25, 0.3) is 0 Å². The second-order valence-electron chi connectivity index (χ2n) is 3.38. The number of hydrogen-bond acceptors (Lipinski definition) is 1. The minimum Gasteiger partial charge on any atom is -0.506 e. The minimum atomic E-state index is 0.134. The molecule has 0 amide bonds. The topological polar surface area (TPSA) is 20.2 Å². The van der Waals surface area contributed by atoms with Crippen LogP contribution in [0.15, 0.2) is 6.07 Å². The van der Waals surface area contributed by atoms with Gasteiger partial charge in [-0.3, -0.25) is 0 Å². The second kappa shape index (κ2) is 3.77. The number of benzene rings is 1. The highest BCUT2D eigenvalue weighted by Crippen LogP contribution is 2.37. The molecule has 0 heterocycles. The molecule has 0 radical (unpaired) electrons. The van der Waals surface area contributed by atoms with Gasteiger partial charge in [-0.05, 0) is 30.0 Å². The van der Waals surface area contributed by atoms with Crippen molar-refractivity contribution in [3.05, 3.63) is 27.2 Å². The van der Waals surface area contributed by atoms with Gasteiger partial charge in [0.2, 0.25) is 0 Å². The first-order valence-corrected chi connectivity index (χ1v) is 4.88. The maximum Gasteiger partial charge on any atom is 0.137 e. The molecule has 1 aromatic carbocycles. The summed E-state index contributed by atoms with van der Waals surface area (Å²) < 4.78 is 0. The van der Waals surface area contributed by atoms with Crippen LogP contribution in [0.2, 0.25) is 10.0 Å². The third kappa shape index (κ3) is 1.92. The van der Waals surface area contributed by atoms with E-state index in [0.717, 1.165) is 11.1 Å². The molecule has 0 saturated carbocycles. The lowest BCUT2D eigenvalue weighted by atomic mass is 9.97. The van der Waals surface area contributed by atoms with Crippen molar-refractivity contribution in [2.24, 2.45) is 0 Å². The van der Waals surface area contributed by atoms with Crippen LogP contribution in [0.3, 0.4) is 0 Å². The van der Waals surface area contributed by atoms with Crippen LogP contribution >= 0.6 is 23.2 Å². The lowest BCUT2D eigenvalue weighted by molar-refractivity contribution is 0.470. The quantitative estimate of drug-likeness (QED) is 0.752. The second-order valence-corrected chi connectivity index (χ2v) is 4.20. The number of phenolic OH excluding ortho intramolecular Hbond substituents is 1. The van der Waals surface area contributed by atoms with Gasteiger partial charge in [-0.2, -0.15) is 0 Å². The van der Waals surface area contributed by atoms with E-state index in [2.05, 4.69) is 0 Å². The fourth-order valence-electron chi connectivity index (χ4n) is 1.45. The first kappa shape index (κ1) is 10.7. The average molecular weight is 219 g/mol. The predicted molar refractivity (Wildman–Crippen MR) is 57.0 cm³/mol. The Kier molecular flexibility index (Phi) is 3.09. The molecule has 1 aromatic rings. The Morgan fingerprint density at radius 3 is 2.23 bits per heavy atom. The summed E-state index contributed by atoms with van der Waals surface area (Å²) in [6, 6.07) is 1.58. The SMILES string of the molecule is Cc1c(O)c(Cl)cc(Cl)c1C(C)C. The summed E-state index contributed by atoms with van der Waals surface area (Å²) in [4.78, 5) is 0. The summed E-state index contributed by atoms with van der Waals surface area (Å²) in [5.41, 5.74) is 1.73. The largest absolute Gasteiger partial charge is 0.506 e. The minimum absolute atomic E-state index is 0.134. The molecule has 0 unspecified atom stereocenters. The van der Waals surface area contributed by atoms with Crippen LogP contribution < -0.4 is 0 Å². The number of phenols is 1. The molecule has 72 valence electrons. The van der Waals surface area contributed by atoms with Gasteiger partial charge >= 0.3 is 0 Å². The third-order valence-electron chi connectivity index (χ3n) is 2.07. The van der Waals surface area contributed by atoms with E-state index in [1.165, 1.54) is 0 Å². The molecule has 1 N–H and O–H groups in total. The first-order chi connectivity index (χ1) is 5.95. The highest BCUT2D eigenvalue weighted by molar-refractivity contribution is 6.36. The van der Waals surface area contributed by atoms with E-state index >= 15 is 0 Å². The highest BCUT2D eigenvalue weighted by atomic mass is 35.5. The fraction of sp³-hybridized carbons (Fsp3) is 0.400. The van der Waals surface area contributed by atoms with Crippen molar-refractivity contribution in [1.82, 2.24) is 0 Å². The molecule has 0 spiro atoms. The Morgan fingerprint density at radius 1 is 1.23 bits per heavy atom. The smallest absolute Gasteiger partial charge is 0.137 e. The van der Waals surface area contributed by atoms with Gasteiger partial charge in [-0.1, -0.05) is 37.0 Å². The zero-order valence-corrected chi connectivity index (χ0v) is 9.37. The van der Waals surface area contributed by atoms with Crippen molar-refractivity contribution in [1.29, 1.82) is 0 Å². The van der Waals surface area contributed by atoms with Crippen LogP contribution in [0.5, 0.6) is 5.75 Å². The summed E-state index contributed by atoms with van der Waals surface area (Å²) in [6.07, 6.45) is 0. The maximum absolute atomic E-state index is 9.57. The summed E-state index contributed by atoms with van der Waals surface area (Å²) in [5, 5.41) is 10.5. The zero-order chi connectivity index (χ0) is 10.2. The molecule has 0 bridgehead atoms. The number of aromatic hydroxyl groups is 1. The van der Waals surface area contributed by atoms with Crippen molar-refractivity contribution in [2.45, 2.75) is 26.7 Å². The predicted octanol–water partition coefficient (Wildman–Crippen LogP) is 4.13. The molecule has 1 nitrogen and oxygen atoms in total. The van der Waals surface area contributed by atoms with E-state index in [4.69, 9.17) is 23.2 Å². The molecule has 0 aromatic heterocycles. The Bertz CT molecular complexity index is 332. The van der Waals surface area contributed by atoms with Gasteiger partial charge in [0, 0.05) is 5.02 Å². The summed E-state index contributed by atoms with van der Waals surface area (Å²) >= 11 is 11.8. The Labute approximate surface area is 88.3 Å². The Hall–Kier alpha value is -0.400. The average Bonchev–Trinajstić information content (AvgIpc) is 1.99. The van der Waals surface area contributed by atoms with Gasteiger partial charge < -0.3 is 5.11 Å². The summed E-state index contributed by atoms with van der Waals surface area (Å²) in [7, 11) is 0. The Morgan fingerprint density at radius 2 is 1.77 bits per heavy atom. The van der Waals surface area contributed by atoms with Crippen molar-refractivity contribution < 1.29 is 5.11 Å². The molecule has 1 rings (SSSR count). The number of hydrogen-bond donors (Lipinski definition) is 1. The standard InChI is InChI=1S/C10H12Cl2O/c1-5(2)9-6(3)10(13)8(12)4-7(9)11/h4-5,13H,1-3H3. The van der Waals surface area contributed by atoms with E-state index in [1.54, 1.807) is 6.07 Å². The first-order valence-electron chi connectivity index (χ1n) is 4.12. The molecular formula is C10H12Cl2O. The van der Waals surface area contributed by atoms with Crippen molar-refractivity contribution in [3.63, 3.8) is 0 Å². The molecule has 0 aliphatic heterocycles. The van der Waals surface area contributed by atoms with Gasteiger partial charge in [0.1, 0.15) is 5.75 Å². The van der Waals surface area contributed by atoms with Crippen molar-refractivity contribution in [3.8, 4) is 5.75 Å². The summed E-state index contributed by atoms with van der Waals surface area (Å²) in [6.45, 7) is 5.88. The molecule has 0 fully saturated rings. The molecular weight excluding hydrogens is 207 g/mol. The third-order valence-corrected chi connectivity index (χ3v) is 2.67. The normalized spacial score (nSPS) is 10.9. The number of rotatable bonds is 1. The van der Waals surface area contributed by atoms with E-state index in [0.29, 0.717) is 10.0 Å². The van der Waals surface area contributed by atoms with Gasteiger partial charge in [0.05, 0.1) is 5.02 Å².